The number of benzene rings is 1. The van der Waals surface area contributed by atoms with Crippen molar-refractivity contribution in [2.24, 2.45) is 0 Å². The summed E-state index contributed by atoms with van der Waals surface area (Å²) < 4.78 is 10.1. The molecule has 1 aromatic carbocycles. The van der Waals surface area contributed by atoms with E-state index in [1.807, 2.05) is 0 Å². The third-order valence-corrected chi connectivity index (χ3v) is 2.78. The van der Waals surface area contributed by atoms with Crippen LogP contribution in [0.4, 0.5) is 0 Å². The zero-order chi connectivity index (χ0) is 14.5. The Morgan fingerprint density at radius 2 is 1.90 bits per heavy atom. The van der Waals surface area contributed by atoms with Gasteiger partial charge < -0.3 is 9.47 Å². The molecule has 5 nitrogen and oxygen atoms in total. The Kier molecular flexibility index (Phi) is 4.32. The Hall–Kier alpha value is -2.40. The Bertz CT molecular complexity index is 640. The van der Waals surface area contributed by atoms with Gasteiger partial charge in [0.15, 0.2) is 6.29 Å². The van der Waals surface area contributed by atoms with Gasteiger partial charge in [0.1, 0.15) is 10.9 Å². The number of pyridine rings is 1. The number of carbonyl (C=O) groups excluding carboxylic acids is 2. The molecule has 0 amide bonds. The van der Waals surface area contributed by atoms with Crippen LogP contribution < -0.4 is 4.74 Å². The summed E-state index contributed by atoms with van der Waals surface area (Å²) in [6.45, 7) is 0. The normalized spacial score (nSPS) is 9.90. The molecule has 0 radical (unpaired) electrons. The second-order valence-electron chi connectivity index (χ2n) is 3.77. The number of methoxy groups -OCH3 is 1. The zero-order valence-electron chi connectivity index (χ0n) is 10.5. The molecular formula is C14H10ClNO4. The molecule has 0 fully saturated rings. The second-order valence-corrected chi connectivity index (χ2v) is 4.12. The van der Waals surface area contributed by atoms with Crippen LogP contribution in [-0.4, -0.2) is 24.3 Å². The van der Waals surface area contributed by atoms with Crippen molar-refractivity contribution in [1.29, 1.82) is 0 Å². The summed E-state index contributed by atoms with van der Waals surface area (Å²) in [7, 11) is 1.31. The Balaban J connectivity index is 2.16. The number of aromatic nitrogens is 1. The fraction of sp³-hybridized carbons (Fsp3) is 0.0714. The lowest BCUT2D eigenvalue weighted by Gasteiger charge is -2.06. The minimum Gasteiger partial charge on any atom is -0.465 e. The molecule has 0 saturated heterocycles. The fourth-order valence-corrected chi connectivity index (χ4v) is 1.66. The molecule has 0 bridgehead atoms. The van der Waals surface area contributed by atoms with E-state index in [1.54, 1.807) is 24.3 Å². The molecule has 1 aromatic heterocycles. The first-order valence-corrected chi connectivity index (χ1v) is 6.00. The van der Waals surface area contributed by atoms with Crippen molar-refractivity contribution < 1.29 is 19.1 Å². The number of carbonyl (C=O) groups is 2. The Labute approximate surface area is 120 Å². The first-order valence-electron chi connectivity index (χ1n) is 5.62. The number of rotatable bonds is 4. The van der Waals surface area contributed by atoms with Crippen molar-refractivity contribution in [1.82, 2.24) is 4.98 Å². The minimum absolute atomic E-state index is 0.0729. The van der Waals surface area contributed by atoms with Crippen LogP contribution in [0.5, 0.6) is 11.6 Å². The van der Waals surface area contributed by atoms with Crippen LogP contribution in [0.25, 0.3) is 0 Å². The van der Waals surface area contributed by atoms with E-state index in [0.717, 1.165) is 0 Å². The molecular weight excluding hydrogens is 282 g/mol. The third kappa shape index (κ3) is 3.13. The van der Waals surface area contributed by atoms with Gasteiger partial charge in [-0.05, 0) is 30.3 Å². The monoisotopic (exact) mass is 291 g/mol. The van der Waals surface area contributed by atoms with Gasteiger partial charge in [0, 0.05) is 6.07 Å². The molecule has 0 unspecified atom stereocenters. The van der Waals surface area contributed by atoms with Crippen LogP contribution >= 0.6 is 11.6 Å². The average Bonchev–Trinajstić information content (AvgIpc) is 2.47. The molecule has 0 aliphatic heterocycles. The maximum Gasteiger partial charge on any atom is 0.337 e. The van der Waals surface area contributed by atoms with Gasteiger partial charge in [0.2, 0.25) is 5.88 Å². The molecule has 0 aliphatic carbocycles. The first kappa shape index (κ1) is 14.0. The Morgan fingerprint density at radius 1 is 1.20 bits per heavy atom. The standard InChI is InChI=1S/C14H10ClNO4/c1-19-14(18)9-2-5-11(6-3-9)20-12-7-4-10(8-17)13(15)16-12/h2-8H,1H3. The van der Waals surface area contributed by atoms with Gasteiger partial charge in [-0.1, -0.05) is 11.6 Å². The summed E-state index contributed by atoms with van der Waals surface area (Å²) in [5.41, 5.74) is 0.710. The van der Waals surface area contributed by atoms with Gasteiger partial charge in [-0.2, -0.15) is 0 Å². The lowest BCUT2D eigenvalue weighted by atomic mass is 10.2. The highest BCUT2D eigenvalue weighted by Crippen LogP contribution is 2.23. The van der Waals surface area contributed by atoms with Crippen LogP contribution in [0.1, 0.15) is 20.7 Å². The largest absolute Gasteiger partial charge is 0.465 e. The predicted octanol–water partition coefficient (Wildman–Crippen LogP) is 3.13. The number of hydrogen-bond donors (Lipinski definition) is 0. The van der Waals surface area contributed by atoms with Crippen molar-refractivity contribution >= 4 is 23.9 Å². The smallest absolute Gasteiger partial charge is 0.337 e. The average molecular weight is 292 g/mol. The minimum atomic E-state index is -0.423. The van der Waals surface area contributed by atoms with E-state index in [-0.39, 0.29) is 11.0 Å². The quantitative estimate of drug-likeness (QED) is 0.492. The summed E-state index contributed by atoms with van der Waals surface area (Å²) in [5, 5.41) is 0.0729. The third-order valence-electron chi connectivity index (χ3n) is 2.48. The predicted molar refractivity (Wildman–Crippen MR) is 72.5 cm³/mol. The fourth-order valence-electron chi connectivity index (χ4n) is 1.47. The maximum atomic E-state index is 11.3. The molecule has 0 saturated carbocycles. The number of nitrogens with zero attached hydrogens (tertiary/aromatic N) is 1. The van der Waals surface area contributed by atoms with Crippen LogP contribution in [0.2, 0.25) is 5.15 Å². The van der Waals surface area contributed by atoms with Crippen molar-refractivity contribution in [2.45, 2.75) is 0 Å². The summed E-state index contributed by atoms with van der Waals surface area (Å²) in [5.74, 6) is 0.319. The van der Waals surface area contributed by atoms with E-state index in [4.69, 9.17) is 16.3 Å². The van der Waals surface area contributed by atoms with Gasteiger partial charge in [0.05, 0.1) is 18.2 Å². The van der Waals surface area contributed by atoms with Gasteiger partial charge in [-0.25, -0.2) is 9.78 Å². The molecule has 20 heavy (non-hydrogen) atoms. The molecule has 0 spiro atoms. The second kappa shape index (κ2) is 6.16. The number of ether oxygens (including phenoxy) is 2. The summed E-state index contributed by atoms with van der Waals surface area (Å²) in [4.78, 5) is 25.8. The van der Waals surface area contributed by atoms with Crippen molar-refractivity contribution in [2.75, 3.05) is 7.11 Å². The van der Waals surface area contributed by atoms with Crippen molar-refractivity contribution in [3.63, 3.8) is 0 Å². The number of aldehydes is 1. The first-order chi connectivity index (χ1) is 9.63. The SMILES string of the molecule is COC(=O)c1ccc(Oc2ccc(C=O)c(Cl)n2)cc1. The molecule has 0 aliphatic rings. The number of esters is 1. The molecule has 2 aromatic rings. The zero-order valence-corrected chi connectivity index (χ0v) is 11.3. The van der Waals surface area contributed by atoms with Crippen molar-refractivity contribution in [3.05, 3.63) is 52.7 Å². The van der Waals surface area contributed by atoms with Gasteiger partial charge in [0.25, 0.3) is 0 Å². The molecule has 6 heteroatoms. The van der Waals surface area contributed by atoms with Crippen molar-refractivity contribution in [3.8, 4) is 11.6 Å². The highest BCUT2D eigenvalue weighted by molar-refractivity contribution is 6.31. The van der Waals surface area contributed by atoms with E-state index < -0.39 is 5.97 Å². The van der Waals surface area contributed by atoms with Crippen LogP contribution in [0.15, 0.2) is 36.4 Å². The van der Waals surface area contributed by atoms with E-state index in [1.165, 1.54) is 19.2 Å². The molecule has 0 N–H and O–H groups in total. The summed E-state index contributed by atoms with van der Waals surface area (Å²) in [6.07, 6.45) is 0.615. The topological polar surface area (TPSA) is 65.5 Å². The molecule has 102 valence electrons. The van der Waals surface area contributed by atoms with Crippen LogP contribution in [0, 0.1) is 0 Å². The van der Waals surface area contributed by atoms with Gasteiger partial charge >= 0.3 is 5.97 Å². The molecule has 0 atom stereocenters. The lowest BCUT2D eigenvalue weighted by molar-refractivity contribution is 0.0600. The van der Waals surface area contributed by atoms with E-state index >= 15 is 0 Å². The lowest BCUT2D eigenvalue weighted by Crippen LogP contribution is -2.00. The van der Waals surface area contributed by atoms with E-state index in [2.05, 4.69) is 9.72 Å². The number of hydrogen-bond acceptors (Lipinski definition) is 5. The molecule has 1 heterocycles. The van der Waals surface area contributed by atoms with Gasteiger partial charge in [-0.3, -0.25) is 4.79 Å². The molecule has 2 rings (SSSR count). The van der Waals surface area contributed by atoms with Crippen LogP contribution in [-0.2, 0) is 4.74 Å². The highest BCUT2D eigenvalue weighted by atomic mass is 35.5. The van der Waals surface area contributed by atoms with E-state index in [0.29, 0.717) is 23.2 Å². The van der Waals surface area contributed by atoms with E-state index in [9.17, 15) is 9.59 Å². The van der Waals surface area contributed by atoms with Gasteiger partial charge in [-0.15, -0.1) is 0 Å². The maximum absolute atomic E-state index is 11.3. The Morgan fingerprint density at radius 3 is 2.45 bits per heavy atom. The number of halogens is 1. The highest BCUT2D eigenvalue weighted by Gasteiger charge is 2.07. The van der Waals surface area contributed by atoms with Crippen LogP contribution in [0.3, 0.4) is 0 Å². The summed E-state index contributed by atoms with van der Waals surface area (Å²) >= 11 is 5.80. The summed E-state index contributed by atoms with van der Waals surface area (Å²) in [6, 6.07) is 9.40.